The van der Waals surface area contributed by atoms with E-state index in [0.29, 0.717) is 5.92 Å². The van der Waals surface area contributed by atoms with E-state index in [-0.39, 0.29) is 6.10 Å². The van der Waals surface area contributed by atoms with Crippen LogP contribution in [0.1, 0.15) is 97.8 Å². The highest BCUT2D eigenvalue weighted by atomic mass is 16.3. The highest BCUT2D eigenvalue weighted by Gasteiger charge is 2.15. The first-order valence-electron chi connectivity index (χ1n) is 8.44. The van der Waals surface area contributed by atoms with Crippen molar-refractivity contribution in [2.45, 2.75) is 104 Å². The van der Waals surface area contributed by atoms with Gasteiger partial charge in [0.2, 0.25) is 0 Å². The summed E-state index contributed by atoms with van der Waals surface area (Å²) in [6, 6.07) is 0. The molecule has 0 amide bonds. The fourth-order valence-electron chi connectivity index (χ4n) is 2.68. The molecular formula is C17H36O. The lowest BCUT2D eigenvalue weighted by atomic mass is 9.90. The van der Waals surface area contributed by atoms with Gasteiger partial charge in [-0.25, -0.2) is 0 Å². The molecule has 0 aliphatic rings. The first-order valence-corrected chi connectivity index (χ1v) is 8.44. The van der Waals surface area contributed by atoms with Crippen LogP contribution in [0.4, 0.5) is 0 Å². The topological polar surface area (TPSA) is 20.2 Å². The Balaban J connectivity index is 3.46. The van der Waals surface area contributed by atoms with E-state index in [0.717, 1.165) is 12.8 Å². The summed E-state index contributed by atoms with van der Waals surface area (Å²) in [6.45, 7) is 6.71. The molecule has 0 heterocycles. The molecular weight excluding hydrogens is 220 g/mol. The smallest absolute Gasteiger partial charge is 0.0568 e. The van der Waals surface area contributed by atoms with Crippen molar-refractivity contribution in [2.75, 3.05) is 0 Å². The fourth-order valence-corrected chi connectivity index (χ4v) is 2.68. The van der Waals surface area contributed by atoms with E-state index >= 15 is 0 Å². The molecule has 1 nitrogen and oxygen atoms in total. The van der Waals surface area contributed by atoms with E-state index in [2.05, 4.69) is 20.8 Å². The average Bonchev–Trinajstić information content (AvgIpc) is 2.38. The lowest BCUT2D eigenvalue weighted by Gasteiger charge is -2.21. The van der Waals surface area contributed by atoms with Crippen LogP contribution in [0.2, 0.25) is 0 Å². The summed E-state index contributed by atoms with van der Waals surface area (Å²) in [4.78, 5) is 0. The molecule has 1 N–H and O–H groups in total. The zero-order chi connectivity index (χ0) is 13.6. The molecule has 18 heavy (non-hydrogen) atoms. The Morgan fingerprint density at radius 1 is 0.667 bits per heavy atom. The van der Waals surface area contributed by atoms with Crippen molar-refractivity contribution in [2.24, 2.45) is 5.92 Å². The molecule has 2 atom stereocenters. The van der Waals surface area contributed by atoms with Crippen molar-refractivity contribution in [3.8, 4) is 0 Å². The Bertz CT molecular complexity index is 156. The molecule has 0 bridgehead atoms. The molecule has 0 aromatic carbocycles. The number of rotatable bonds is 13. The molecule has 0 aromatic rings. The first kappa shape index (κ1) is 18.0. The SMILES string of the molecule is CCCCCCCCCC(O)C(CC)CCCC. The number of unbranched alkanes of at least 4 members (excludes halogenated alkanes) is 7. The number of aliphatic hydroxyl groups is 1. The number of hydrogen-bond donors (Lipinski definition) is 1. The molecule has 0 spiro atoms. The second-order valence-electron chi connectivity index (χ2n) is 5.79. The fraction of sp³-hybridized carbons (Fsp3) is 1.00. The van der Waals surface area contributed by atoms with Crippen LogP contribution in [0.15, 0.2) is 0 Å². The van der Waals surface area contributed by atoms with Gasteiger partial charge in [0, 0.05) is 0 Å². The first-order chi connectivity index (χ1) is 8.76. The molecule has 0 aromatic heterocycles. The van der Waals surface area contributed by atoms with Gasteiger partial charge in [0.1, 0.15) is 0 Å². The molecule has 2 unspecified atom stereocenters. The van der Waals surface area contributed by atoms with Crippen LogP contribution in [0, 0.1) is 5.92 Å². The monoisotopic (exact) mass is 256 g/mol. The van der Waals surface area contributed by atoms with Crippen LogP contribution in [0.3, 0.4) is 0 Å². The second kappa shape index (κ2) is 13.4. The van der Waals surface area contributed by atoms with Crippen molar-refractivity contribution < 1.29 is 5.11 Å². The van der Waals surface area contributed by atoms with Gasteiger partial charge < -0.3 is 5.11 Å². The molecule has 1 heteroatoms. The van der Waals surface area contributed by atoms with Crippen LogP contribution in [0.25, 0.3) is 0 Å². The lowest BCUT2D eigenvalue weighted by Crippen LogP contribution is -2.19. The van der Waals surface area contributed by atoms with Gasteiger partial charge in [0.05, 0.1) is 6.10 Å². The standard InChI is InChI=1S/C17H36O/c1-4-7-9-10-11-12-13-15-17(18)16(6-3)14-8-5-2/h16-18H,4-15H2,1-3H3. The third-order valence-corrected chi connectivity index (χ3v) is 4.10. The molecule has 0 saturated heterocycles. The van der Waals surface area contributed by atoms with E-state index in [1.165, 1.54) is 64.2 Å². The summed E-state index contributed by atoms with van der Waals surface area (Å²) in [7, 11) is 0. The summed E-state index contributed by atoms with van der Waals surface area (Å²) in [5.74, 6) is 0.546. The normalized spacial score (nSPS) is 14.7. The van der Waals surface area contributed by atoms with Crippen LogP contribution in [-0.4, -0.2) is 11.2 Å². The maximum Gasteiger partial charge on any atom is 0.0568 e. The Kier molecular flexibility index (Phi) is 13.4. The number of hydrogen-bond acceptors (Lipinski definition) is 1. The summed E-state index contributed by atoms with van der Waals surface area (Å²) in [5.41, 5.74) is 0. The number of aliphatic hydroxyl groups excluding tert-OH is 1. The molecule has 0 fully saturated rings. The van der Waals surface area contributed by atoms with Gasteiger partial charge in [-0.3, -0.25) is 0 Å². The third-order valence-electron chi connectivity index (χ3n) is 4.10. The minimum atomic E-state index is -0.0443. The predicted octanol–water partition coefficient (Wildman–Crippen LogP) is 5.70. The summed E-state index contributed by atoms with van der Waals surface area (Å²) < 4.78 is 0. The van der Waals surface area contributed by atoms with Crippen molar-refractivity contribution in [3.63, 3.8) is 0 Å². The van der Waals surface area contributed by atoms with Crippen molar-refractivity contribution >= 4 is 0 Å². The molecule has 0 aliphatic carbocycles. The van der Waals surface area contributed by atoms with Gasteiger partial charge in [-0.1, -0.05) is 85.0 Å². The highest BCUT2D eigenvalue weighted by molar-refractivity contribution is 4.67. The molecule has 0 radical (unpaired) electrons. The summed E-state index contributed by atoms with van der Waals surface area (Å²) >= 11 is 0. The lowest BCUT2D eigenvalue weighted by molar-refractivity contribution is 0.0875. The van der Waals surface area contributed by atoms with Crippen molar-refractivity contribution in [1.29, 1.82) is 0 Å². The van der Waals surface area contributed by atoms with Crippen LogP contribution < -0.4 is 0 Å². The predicted molar refractivity (Wildman–Crippen MR) is 81.9 cm³/mol. The van der Waals surface area contributed by atoms with Gasteiger partial charge in [0.25, 0.3) is 0 Å². The van der Waals surface area contributed by atoms with Gasteiger partial charge in [0.15, 0.2) is 0 Å². The Morgan fingerprint density at radius 2 is 1.22 bits per heavy atom. The van der Waals surface area contributed by atoms with E-state index in [1.54, 1.807) is 0 Å². The maximum absolute atomic E-state index is 10.2. The van der Waals surface area contributed by atoms with Gasteiger partial charge >= 0.3 is 0 Å². The zero-order valence-electron chi connectivity index (χ0n) is 13.1. The zero-order valence-corrected chi connectivity index (χ0v) is 13.1. The second-order valence-corrected chi connectivity index (χ2v) is 5.79. The molecule has 110 valence electrons. The summed E-state index contributed by atoms with van der Waals surface area (Å²) in [6.07, 6.45) is 15.2. The van der Waals surface area contributed by atoms with Crippen LogP contribution in [0.5, 0.6) is 0 Å². The van der Waals surface area contributed by atoms with Crippen molar-refractivity contribution in [1.82, 2.24) is 0 Å². The Hall–Kier alpha value is -0.0400. The van der Waals surface area contributed by atoms with Crippen LogP contribution in [-0.2, 0) is 0 Å². The van der Waals surface area contributed by atoms with Gasteiger partial charge in [-0.05, 0) is 18.8 Å². The largest absolute Gasteiger partial charge is 0.393 e. The molecule has 0 saturated carbocycles. The van der Waals surface area contributed by atoms with E-state index in [1.807, 2.05) is 0 Å². The highest BCUT2D eigenvalue weighted by Crippen LogP contribution is 2.21. The van der Waals surface area contributed by atoms with Gasteiger partial charge in [-0.2, -0.15) is 0 Å². The summed E-state index contributed by atoms with van der Waals surface area (Å²) in [5, 5.41) is 10.2. The Morgan fingerprint density at radius 3 is 1.78 bits per heavy atom. The average molecular weight is 256 g/mol. The Labute approximate surface area is 115 Å². The minimum absolute atomic E-state index is 0.0443. The maximum atomic E-state index is 10.2. The quantitative estimate of drug-likeness (QED) is 0.419. The van der Waals surface area contributed by atoms with Gasteiger partial charge in [-0.15, -0.1) is 0 Å². The molecule has 0 aliphatic heterocycles. The van der Waals surface area contributed by atoms with Crippen LogP contribution >= 0.6 is 0 Å². The van der Waals surface area contributed by atoms with Crippen molar-refractivity contribution in [3.05, 3.63) is 0 Å². The van der Waals surface area contributed by atoms with E-state index < -0.39 is 0 Å². The minimum Gasteiger partial charge on any atom is -0.393 e. The molecule has 0 rings (SSSR count). The van der Waals surface area contributed by atoms with E-state index in [4.69, 9.17) is 0 Å². The van der Waals surface area contributed by atoms with E-state index in [9.17, 15) is 5.11 Å². The third kappa shape index (κ3) is 9.94.